The van der Waals surface area contributed by atoms with E-state index in [1.54, 1.807) is 4.57 Å². The number of imidazole rings is 1. The third kappa shape index (κ3) is 2.28. The molecule has 0 aliphatic carbocycles. The Morgan fingerprint density at radius 2 is 2.40 bits per heavy atom. The number of nitrogens with zero attached hydrogens (tertiary/aromatic N) is 5. The molecule has 0 unspecified atom stereocenters. The molecule has 0 aliphatic rings. The maximum Gasteiger partial charge on any atom is 0.381 e. The van der Waals surface area contributed by atoms with Crippen molar-refractivity contribution in [3.05, 3.63) is 32.1 Å². The first-order valence-electron chi connectivity index (χ1n) is 3.79. The first-order chi connectivity index (χ1) is 7.15. The Morgan fingerprint density at radius 1 is 1.60 bits per heavy atom. The van der Waals surface area contributed by atoms with Crippen LogP contribution in [0.2, 0.25) is 4.47 Å². The fourth-order valence-electron chi connectivity index (χ4n) is 0.982. The van der Waals surface area contributed by atoms with Crippen LogP contribution in [-0.4, -0.2) is 24.7 Å². The van der Waals surface area contributed by atoms with Crippen molar-refractivity contribution in [3.63, 3.8) is 0 Å². The van der Waals surface area contributed by atoms with Gasteiger partial charge < -0.3 is 14.7 Å². The molecule has 0 radical (unpaired) electrons. The smallest absolute Gasteiger partial charge is 0.358 e. The number of rotatable bonds is 3. The van der Waals surface area contributed by atoms with Crippen LogP contribution in [0.4, 0.5) is 5.82 Å². The number of halogens is 1. The molecule has 2 rings (SSSR count). The van der Waals surface area contributed by atoms with E-state index in [0.29, 0.717) is 16.0 Å². The molecule has 2 aromatic rings. The van der Waals surface area contributed by atoms with Crippen molar-refractivity contribution in [1.29, 1.82) is 0 Å². The minimum Gasteiger partial charge on any atom is -0.358 e. The summed E-state index contributed by atoms with van der Waals surface area (Å²) in [5, 5.41) is 18.4. The highest BCUT2D eigenvalue weighted by Crippen LogP contribution is 2.16. The maximum absolute atomic E-state index is 10.4. The second-order valence-corrected chi connectivity index (χ2v) is 4.25. The minimum atomic E-state index is -0.552. The highest BCUT2D eigenvalue weighted by atomic mass is 35.5. The quantitative estimate of drug-likeness (QED) is 0.602. The second kappa shape index (κ2) is 3.91. The molecule has 2 heterocycles. The van der Waals surface area contributed by atoms with Gasteiger partial charge in [-0.2, -0.15) is 0 Å². The second-order valence-electron chi connectivity index (χ2n) is 2.61. The Balaban J connectivity index is 2.14. The van der Waals surface area contributed by atoms with Crippen molar-refractivity contribution >= 4 is 28.8 Å². The van der Waals surface area contributed by atoms with Crippen LogP contribution >= 0.6 is 22.9 Å². The summed E-state index contributed by atoms with van der Waals surface area (Å²) in [4.78, 5) is 13.4. The van der Waals surface area contributed by atoms with Gasteiger partial charge in [0.2, 0.25) is 10.8 Å². The van der Waals surface area contributed by atoms with E-state index in [1.165, 1.54) is 23.9 Å². The van der Waals surface area contributed by atoms with Gasteiger partial charge in [0.1, 0.15) is 11.2 Å². The van der Waals surface area contributed by atoms with E-state index in [1.807, 2.05) is 0 Å². The summed E-state index contributed by atoms with van der Waals surface area (Å²) in [7, 11) is 0. The standard InChI is InChI=1S/C6H4ClN5O2S/c7-6-10-9-5(15-6)2-11-1-4(8-3-11)12(13)14/h1,3H,2H2. The normalized spacial score (nSPS) is 10.5. The van der Waals surface area contributed by atoms with Gasteiger partial charge in [-0.3, -0.25) is 0 Å². The molecule has 0 spiro atoms. The molecule has 0 atom stereocenters. The molecule has 15 heavy (non-hydrogen) atoms. The van der Waals surface area contributed by atoms with Crippen LogP contribution in [0.5, 0.6) is 0 Å². The van der Waals surface area contributed by atoms with Crippen LogP contribution < -0.4 is 0 Å². The molecule has 0 N–H and O–H groups in total. The molecule has 0 amide bonds. The van der Waals surface area contributed by atoms with Gasteiger partial charge in [-0.1, -0.05) is 11.3 Å². The maximum atomic E-state index is 10.4. The molecule has 9 heteroatoms. The van der Waals surface area contributed by atoms with Crippen LogP contribution in [0.3, 0.4) is 0 Å². The zero-order valence-corrected chi connectivity index (χ0v) is 8.77. The summed E-state index contributed by atoms with van der Waals surface area (Å²) in [6, 6.07) is 0. The molecular formula is C6H4ClN5O2S. The first-order valence-corrected chi connectivity index (χ1v) is 4.98. The van der Waals surface area contributed by atoms with Gasteiger partial charge >= 0.3 is 5.82 Å². The molecular weight excluding hydrogens is 242 g/mol. The van der Waals surface area contributed by atoms with Gasteiger partial charge in [0.25, 0.3) is 0 Å². The van der Waals surface area contributed by atoms with E-state index in [9.17, 15) is 10.1 Å². The van der Waals surface area contributed by atoms with E-state index in [2.05, 4.69) is 15.2 Å². The van der Waals surface area contributed by atoms with Crippen LogP contribution in [-0.2, 0) is 6.54 Å². The zero-order valence-electron chi connectivity index (χ0n) is 7.20. The van der Waals surface area contributed by atoms with Crippen molar-refractivity contribution in [1.82, 2.24) is 19.7 Å². The van der Waals surface area contributed by atoms with E-state index in [0.717, 1.165) is 0 Å². The van der Waals surface area contributed by atoms with Gasteiger partial charge in [0.15, 0.2) is 0 Å². The predicted octanol–water partition coefficient (Wildman–Crippen LogP) is 1.34. The summed E-state index contributed by atoms with van der Waals surface area (Å²) in [6.07, 6.45) is 2.70. The van der Waals surface area contributed by atoms with Crippen LogP contribution in [0.15, 0.2) is 12.5 Å². The van der Waals surface area contributed by atoms with Crippen molar-refractivity contribution < 1.29 is 4.92 Å². The molecule has 0 aliphatic heterocycles. The van der Waals surface area contributed by atoms with Crippen molar-refractivity contribution in [2.45, 2.75) is 6.54 Å². The van der Waals surface area contributed by atoms with E-state index >= 15 is 0 Å². The lowest BCUT2D eigenvalue weighted by molar-refractivity contribution is -0.389. The molecule has 0 aromatic carbocycles. The lowest BCUT2D eigenvalue weighted by Gasteiger charge is -1.92. The third-order valence-electron chi connectivity index (χ3n) is 1.57. The highest BCUT2D eigenvalue weighted by molar-refractivity contribution is 7.15. The Hall–Kier alpha value is -1.54. The lowest BCUT2D eigenvalue weighted by atomic mass is 10.6. The van der Waals surface area contributed by atoms with Gasteiger partial charge in [0.05, 0.1) is 6.54 Å². The van der Waals surface area contributed by atoms with E-state index < -0.39 is 4.92 Å². The van der Waals surface area contributed by atoms with Gasteiger partial charge in [-0.15, -0.1) is 10.2 Å². The van der Waals surface area contributed by atoms with Crippen molar-refractivity contribution in [3.8, 4) is 0 Å². The highest BCUT2D eigenvalue weighted by Gasteiger charge is 2.11. The van der Waals surface area contributed by atoms with Gasteiger partial charge in [-0.05, 0) is 21.5 Å². The summed E-state index contributed by atoms with van der Waals surface area (Å²) in [6.45, 7) is 0.380. The topological polar surface area (TPSA) is 86.7 Å². The predicted molar refractivity (Wildman–Crippen MR) is 52.9 cm³/mol. The number of aromatic nitrogens is 4. The van der Waals surface area contributed by atoms with Gasteiger partial charge in [-0.25, -0.2) is 0 Å². The Bertz CT molecular complexity index is 495. The molecule has 0 bridgehead atoms. The Kier molecular flexibility index (Phi) is 2.60. The number of hydrogen-bond donors (Lipinski definition) is 0. The van der Waals surface area contributed by atoms with Crippen molar-refractivity contribution in [2.75, 3.05) is 0 Å². The number of nitro groups is 1. The van der Waals surface area contributed by atoms with Crippen LogP contribution in [0, 0.1) is 10.1 Å². The Morgan fingerprint density at radius 3 is 2.93 bits per heavy atom. The monoisotopic (exact) mass is 245 g/mol. The SMILES string of the molecule is O=[N+]([O-])c1cn(Cc2nnc(Cl)s2)cn1. The summed E-state index contributed by atoms with van der Waals surface area (Å²) < 4.78 is 1.90. The minimum absolute atomic E-state index is 0.189. The molecule has 0 saturated carbocycles. The van der Waals surface area contributed by atoms with Crippen molar-refractivity contribution in [2.24, 2.45) is 0 Å². The van der Waals surface area contributed by atoms with Gasteiger partial charge in [0, 0.05) is 0 Å². The van der Waals surface area contributed by atoms with E-state index in [4.69, 9.17) is 11.6 Å². The van der Waals surface area contributed by atoms with E-state index in [-0.39, 0.29) is 5.82 Å². The first kappa shape index (κ1) is 9.99. The number of hydrogen-bond acceptors (Lipinski definition) is 6. The summed E-state index contributed by atoms with van der Waals surface area (Å²) >= 11 is 6.82. The largest absolute Gasteiger partial charge is 0.381 e. The lowest BCUT2D eigenvalue weighted by Crippen LogP contribution is -1.95. The zero-order chi connectivity index (χ0) is 10.8. The average Bonchev–Trinajstić information content (AvgIpc) is 2.76. The molecule has 78 valence electrons. The summed E-state index contributed by atoms with van der Waals surface area (Å²) in [5.41, 5.74) is 0. The third-order valence-corrected chi connectivity index (χ3v) is 2.57. The summed E-state index contributed by atoms with van der Waals surface area (Å²) in [5.74, 6) is -0.189. The molecule has 2 aromatic heterocycles. The Labute approximate surface area is 92.5 Å². The van der Waals surface area contributed by atoms with Crippen LogP contribution in [0.25, 0.3) is 0 Å². The average molecular weight is 246 g/mol. The fourth-order valence-corrected chi connectivity index (χ4v) is 1.86. The molecule has 0 fully saturated rings. The van der Waals surface area contributed by atoms with Crippen LogP contribution in [0.1, 0.15) is 5.01 Å². The molecule has 0 saturated heterocycles. The molecule has 7 nitrogen and oxygen atoms in total. The fraction of sp³-hybridized carbons (Fsp3) is 0.167.